The molecule has 2 aromatic rings. The van der Waals surface area contributed by atoms with E-state index >= 15 is 0 Å². The standard InChI is InChI=1S/C27H32FN3O3S/c1-14-8-17-18-6-7-27(34,24(33)35)26(18,3)11-21(32)23(17)25(2)10-15-12-30-31(20(15)9-19(14)25)16-4-5-22(28)29-13-16/h4-5,9,12-14,17-18,21,23,32,34H,6-8,10-11H2,1-3H3,(H,33,35)/t14-,17-,18?,21-,23?,25-,26-,27-/m0/s1. The molecule has 8 heteroatoms. The highest BCUT2D eigenvalue weighted by atomic mass is 32.1. The van der Waals surface area contributed by atoms with Gasteiger partial charge in [-0.1, -0.05) is 26.3 Å². The summed E-state index contributed by atoms with van der Waals surface area (Å²) in [6.45, 7) is 6.49. The molecule has 0 aliphatic heterocycles. The molecule has 2 aromatic heterocycles. The van der Waals surface area contributed by atoms with Crippen molar-refractivity contribution in [3.63, 3.8) is 0 Å². The second-order valence-corrected chi connectivity index (χ2v) is 12.2. The maximum Gasteiger partial charge on any atom is 0.218 e. The van der Waals surface area contributed by atoms with Gasteiger partial charge in [0.25, 0.3) is 0 Å². The zero-order valence-corrected chi connectivity index (χ0v) is 21.2. The maximum absolute atomic E-state index is 13.4. The first-order chi connectivity index (χ1) is 16.5. The Hall–Kier alpha value is -2.03. The molecule has 0 bridgehead atoms. The zero-order chi connectivity index (χ0) is 24.9. The third-order valence-corrected chi connectivity index (χ3v) is 10.6. The number of hydrogen-bond donors (Lipinski definition) is 3. The van der Waals surface area contributed by atoms with Crippen molar-refractivity contribution in [2.75, 3.05) is 0 Å². The van der Waals surface area contributed by atoms with E-state index < -0.39 is 28.2 Å². The van der Waals surface area contributed by atoms with E-state index in [1.54, 1.807) is 6.07 Å². The van der Waals surface area contributed by atoms with E-state index in [1.807, 2.05) is 17.8 Å². The van der Waals surface area contributed by atoms with Gasteiger partial charge < -0.3 is 10.2 Å². The third-order valence-electron chi connectivity index (χ3n) is 10.2. The molecular weight excluding hydrogens is 465 g/mol. The summed E-state index contributed by atoms with van der Waals surface area (Å²) >= 11 is 4.06. The van der Waals surface area contributed by atoms with Crippen molar-refractivity contribution in [2.45, 2.75) is 64.6 Å². The van der Waals surface area contributed by atoms with Crippen molar-refractivity contribution >= 4 is 23.8 Å². The number of hydrogen-bond acceptors (Lipinski definition) is 5. The lowest BCUT2D eigenvalue weighted by molar-refractivity contribution is -0.175. The first kappa shape index (κ1) is 23.4. The number of rotatable bonds is 2. The molecule has 0 spiro atoms. The molecule has 6 nitrogen and oxygen atoms in total. The second kappa shape index (κ2) is 7.49. The van der Waals surface area contributed by atoms with E-state index in [0.717, 1.165) is 30.5 Å². The normalized spacial score (nSPS) is 41.9. The van der Waals surface area contributed by atoms with Gasteiger partial charge in [0, 0.05) is 5.41 Å². The van der Waals surface area contributed by atoms with E-state index in [2.05, 4.69) is 42.6 Å². The van der Waals surface area contributed by atoms with Crippen molar-refractivity contribution in [1.82, 2.24) is 14.8 Å². The van der Waals surface area contributed by atoms with Crippen molar-refractivity contribution in [3.8, 4) is 5.69 Å². The van der Waals surface area contributed by atoms with Gasteiger partial charge in [-0.05, 0) is 85.0 Å². The highest BCUT2D eigenvalue weighted by molar-refractivity contribution is 7.96. The minimum Gasteiger partial charge on any atom is -0.393 e. The van der Waals surface area contributed by atoms with Crippen LogP contribution in [-0.2, 0) is 11.2 Å². The first-order valence-corrected chi connectivity index (χ1v) is 13.0. The Morgan fingerprint density at radius 3 is 2.74 bits per heavy atom. The summed E-state index contributed by atoms with van der Waals surface area (Å²) in [7, 11) is 0. The van der Waals surface area contributed by atoms with E-state index in [9.17, 15) is 19.4 Å². The monoisotopic (exact) mass is 497 g/mol. The number of thiol groups is 1. The highest BCUT2D eigenvalue weighted by Gasteiger charge is 2.68. The van der Waals surface area contributed by atoms with E-state index in [1.165, 1.54) is 17.8 Å². The topological polar surface area (TPSA) is 88.2 Å². The lowest BCUT2D eigenvalue weighted by atomic mass is 9.44. The minimum absolute atomic E-state index is 0.0318. The first-order valence-electron chi connectivity index (χ1n) is 12.5. The number of aliphatic hydroxyl groups excluding tert-OH is 1. The average molecular weight is 498 g/mol. The van der Waals surface area contributed by atoms with Gasteiger partial charge in [0.05, 0.1) is 29.9 Å². The summed E-state index contributed by atoms with van der Waals surface area (Å²) in [4.78, 5) is 16.2. The van der Waals surface area contributed by atoms with Gasteiger partial charge in [0.2, 0.25) is 11.1 Å². The predicted molar refractivity (Wildman–Crippen MR) is 132 cm³/mol. The van der Waals surface area contributed by atoms with Crippen molar-refractivity contribution in [3.05, 3.63) is 47.3 Å². The number of pyridine rings is 1. The van der Waals surface area contributed by atoms with Crippen LogP contribution in [0.5, 0.6) is 0 Å². The Morgan fingerprint density at radius 2 is 2.06 bits per heavy atom. The van der Waals surface area contributed by atoms with E-state index in [0.29, 0.717) is 18.5 Å². The van der Waals surface area contributed by atoms with Gasteiger partial charge in [-0.2, -0.15) is 9.49 Å². The quantitative estimate of drug-likeness (QED) is 0.431. The van der Waals surface area contributed by atoms with Crippen LogP contribution in [0.2, 0.25) is 0 Å². The number of aliphatic hydroxyl groups is 2. The van der Waals surface area contributed by atoms with E-state index in [-0.39, 0.29) is 29.1 Å². The number of halogens is 1. The summed E-state index contributed by atoms with van der Waals surface area (Å²) < 4.78 is 15.2. The van der Waals surface area contributed by atoms with Crippen LogP contribution in [0.25, 0.3) is 11.8 Å². The fraction of sp³-hybridized carbons (Fsp3) is 0.593. The lowest BCUT2D eigenvalue weighted by Gasteiger charge is -2.61. The summed E-state index contributed by atoms with van der Waals surface area (Å²) in [6, 6.07) is 3.02. The second-order valence-electron chi connectivity index (χ2n) is 11.8. The molecule has 6 rings (SSSR count). The van der Waals surface area contributed by atoms with Crippen LogP contribution >= 0.6 is 12.6 Å². The number of allylic oxidation sites excluding steroid dienone is 1. The smallest absolute Gasteiger partial charge is 0.218 e. The Labute approximate surface area is 210 Å². The molecule has 2 unspecified atom stereocenters. The molecule has 0 radical (unpaired) electrons. The summed E-state index contributed by atoms with van der Waals surface area (Å²) in [5.74, 6) is 0.153. The van der Waals surface area contributed by atoms with E-state index in [4.69, 9.17) is 0 Å². The van der Waals surface area contributed by atoms with Crippen molar-refractivity contribution in [1.29, 1.82) is 0 Å². The minimum atomic E-state index is -1.49. The molecule has 8 atom stereocenters. The molecule has 3 saturated carbocycles. The molecule has 4 aliphatic carbocycles. The maximum atomic E-state index is 13.4. The fourth-order valence-electron chi connectivity index (χ4n) is 8.68. The molecule has 0 amide bonds. The Bertz CT molecular complexity index is 1240. The van der Waals surface area contributed by atoms with Crippen LogP contribution in [0, 0.1) is 40.4 Å². The number of carbonyl (C=O) groups is 1. The Morgan fingerprint density at radius 1 is 1.29 bits per heavy atom. The lowest BCUT2D eigenvalue weighted by Crippen LogP contribution is -2.62. The zero-order valence-electron chi connectivity index (χ0n) is 20.3. The van der Waals surface area contributed by atoms with Crippen LogP contribution in [-0.4, -0.2) is 41.8 Å². The van der Waals surface area contributed by atoms with Gasteiger partial charge in [0.15, 0.2) is 0 Å². The number of fused-ring (bicyclic) bond motifs is 6. The molecule has 2 heterocycles. The number of aromatic nitrogens is 3. The van der Waals surface area contributed by atoms with Gasteiger partial charge in [-0.3, -0.25) is 4.79 Å². The average Bonchev–Trinajstić information content (AvgIpc) is 3.31. The van der Waals surface area contributed by atoms with Gasteiger partial charge >= 0.3 is 0 Å². The summed E-state index contributed by atoms with van der Waals surface area (Å²) in [5.41, 5.74) is 1.69. The molecule has 186 valence electrons. The molecule has 3 fully saturated rings. The Kier molecular flexibility index (Phi) is 5.00. The van der Waals surface area contributed by atoms with Gasteiger partial charge in [-0.15, -0.1) is 12.6 Å². The molecular formula is C27H32FN3O3S. The van der Waals surface area contributed by atoms with Gasteiger partial charge in [-0.25, -0.2) is 9.67 Å². The molecule has 4 aliphatic rings. The van der Waals surface area contributed by atoms with Crippen molar-refractivity contribution < 1.29 is 19.4 Å². The molecule has 0 saturated heterocycles. The molecule has 2 N–H and O–H groups in total. The predicted octanol–water partition coefficient (Wildman–Crippen LogP) is 3.99. The number of nitrogens with zero attached hydrogens (tertiary/aromatic N) is 3. The summed E-state index contributed by atoms with van der Waals surface area (Å²) in [5, 5.41) is 27.1. The molecule has 35 heavy (non-hydrogen) atoms. The van der Waals surface area contributed by atoms with Crippen LogP contribution in [0.4, 0.5) is 4.39 Å². The van der Waals surface area contributed by atoms with Crippen LogP contribution in [0.3, 0.4) is 0 Å². The SMILES string of the molecule is C[C@H]1C[C@@H]2C([C@@H](O)C[C@@]3(C)C2CC[C@]3(O)C(=O)S)[C@@]2(C)Cc3cnn(-c4ccc(F)nc4)c3C=C12. The third kappa shape index (κ3) is 2.99. The van der Waals surface area contributed by atoms with Gasteiger partial charge in [0.1, 0.15) is 5.60 Å². The summed E-state index contributed by atoms with van der Waals surface area (Å²) in [6.07, 6.45) is 8.19. The van der Waals surface area contributed by atoms with Crippen molar-refractivity contribution in [2.24, 2.45) is 34.5 Å². The highest BCUT2D eigenvalue weighted by Crippen LogP contribution is 2.68. The van der Waals surface area contributed by atoms with Crippen LogP contribution in [0.15, 0.2) is 30.1 Å². The van der Waals surface area contributed by atoms with Crippen LogP contribution in [0.1, 0.15) is 57.7 Å². The molecule has 0 aromatic carbocycles. The Balaban J connectivity index is 1.41. The number of carbonyl (C=O) groups excluding carboxylic acids is 1. The fourth-order valence-corrected chi connectivity index (χ4v) is 9.05. The van der Waals surface area contributed by atoms with Crippen LogP contribution < -0.4 is 0 Å². The largest absolute Gasteiger partial charge is 0.393 e.